The quantitative estimate of drug-likeness (QED) is 0.107. The maximum atomic E-state index is 6.62. The van der Waals surface area contributed by atoms with Crippen LogP contribution in [0.1, 0.15) is 130 Å². The Bertz CT molecular complexity index is 925. The van der Waals surface area contributed by atoms with Crippen molar-refractivity contribution in [2.45, 2.75) is 130 Å². The molecule has 0 aliphatic carbocycles. The molecule has 0 unspecified atom stereocenters. The Labute approximate surface area is 247 Å². The number of nitrogen functional groups attached to an aromatic ring is 2. The number of nitrogens with two attached hydrogens (primary N) is 2. The molecule has 0 amide bonds. The van der Waals surface area contributed by atoms with Gasteiger partial charge in [-0.25, -0.2) is 0 Å². The summed E-state index contributed by atoms with van der Waals surface area (Å²) in [4.78, 5) is 5.23. The van der Waals surface area contributed by atoms with Gasteiger partial charge in [0.2, 0.25) is 0 Å². The van der Waals surface area contributed by atoms with Gasteiger partial charge in [0.25, 0.3) is 0 Å². The van der Waals surface area contributed by atoms with Crippen LogP contribution in [0.25, 0.3) is 11.1 Å². The second-order valence-electron chi connectivity index (χ2n) is 11.8. The Morgan fingerprint density at radius 2 is 0.975 bits per heavy atom. The predicted molar refractivity (Wildman–Crippen MR) is 182 cm³/mol. The van der Waals surface area contributed by atoms with E-state index in [1.807, 2.05) is 12.1 Å². The molecule has 0 saturated carbocycles. The van der Waals surface area contributed by atoms with Gasteiger partial charge >= 0.3 is 0 Å². The Morgan fingerprint density at radius 3 is 1.57 bits per heavy atom. The average Bonchev–Trinajstić information content (AvgIpc) is 2.96. The Balaban J connectivity index is 2.37. The second kappa shape index (κ2) is 20.5. The minimum atomic E-state index is 0.770. The molecule has 0 spiro atoms. The number of benzene rings is 2. The molecule has 2 aromatic rings. The fraction of sp³-hybridized carbons (Fsp3) is 0.667. The lowest BCUT2D eigenvalue weighted by Crippen LogP contribution is -2.28. The first-order chi connectivity index (χ1) is 19.5. The first-order valence-corrected chi connectivity index (χ1v) is 16.8. The van der Waals surface area contributed by atoms with Crippen molar-refractivity contribution in [1.29, 1.82) is 0 Å². The van der Waals surface area contributed by atoms with Crippen LogP contribution in [0.2, 0.25) is 0 Å². The van der Waals surface area contributed by atoms with Crippen molar-refractivity contribution in [3.63, 3.8) is 0 Å². The highest BCUT2D eigenvalue weighted by atomic mass is 15.1. The minimum absolute atomic E-state index is 0.770. The largest absolute Gasteiger partial charge is 0.399 e. The molecule has 0 saturated heterocycles. The molecular weight excluding hydrogens is 488 g/mol. The van der Waals surface area contributed by atoms with E-state index in [1.54, 1.807) is 0 Å². The number of anilines is 4. The number of rotatable bonds is 23. The molecule has 2 aromatic carbocycles. The third-order valence-corrected chi connectivity index (χ3v) is 8.18. The Hall–Kier alpha value is -2.36. The zero-order valence-corrected chi connectivity index (χ0v) is 26.7. The standard InChI is InChI=1S/C36H62N4/c1-5-9-13-15-17-19-27-39(25-11-7-3)32-22-24-36(34(30-32)33-29-31(37)21-23-35(33)38)40(26-12-8-4)28-20-18-16-14-10-6-2/h21-24,29-30H,5-20,25-28,37-38H2,1-4H3. The van der Waals surface area contributed by atoms with E-state index in [1.165, 1.54) is 120 Å². The molecule has 0 atom stereocenters. The minimum Gasteiger partial charge on any atom is -0.399 e. The van der Waals surface area contributed by atoms with Crippen LogP contribution in [0.4, 0.5) is 22.7 Å². The lowest BCUT2D eigenvalue weighted by molar-refractivity contribution is 0.592. The van der Waals surface area contributed by atoms with Crippen molar-refractivity contribution >= 4 is 22.7 Å². The highest BCUT2D eigenvalue weighted by Crippen LogP contribution is 2.39. The zero-order chi connectivity index (χ0) is 29.0. The number of unbranched alkanes of at least 4 members (excludes halogenated alkanes) is 12. The summed E-state index contributed by atoms with van der Waals surface area (Å²) in [5.74, 6) is 0. The van der Waals surface area contributed by atoms with Gasteiger partial charge in [-0.1, -0.05) is 105 Å². The molecule has 0 aliphatic rings. The molecule has 0 fully saturated rings. The van der Waals surface area contributed by atoms with Crippen LogP contribution >= 0.6 is 0 Å². The van der Waals surface area contributed by atoms with E-state index in [2.05, 4.69) is 61.8 Å². The van der Waals surface area contributed by atoms with E-state index in [0.29, 0.717) is 0 Å². The van der Waals surface area contributed by atoms with E-state index in [0.717, 1.165) is 43.1 Å². The van der Waals surface area contributed by atoms with Crippen molar-refractivity contribution in [2.75, 3.05) is 47.4 Å². The van der Waals surface area contributed by atoms with Gasteiger partial charge in [-0.2, -0.15) is 0 Å². The summed E-state index contributed by atoms with van der Waals surface area (Å²) >= 11 is 0. The molecule has 4 N–H and O–H groups in total. The lowest BCUT2D eigenvalue weighted by atomic mass is 9.98. The highest BCUT2D eigenvalue weighted by Gasteiger charge is 2.18. The lowest BCUT2D eigenvalue weighted by Gasteiger charge is -2.31. The normalized spacial score (nSPS) is 11.2. The van der Waals surface area contributed by atoms with Gasteiger partial charge in [0.05, 0.1) is 0 Å². The number of nitrogens with zero attached hydrogens (tertiary/aromatic N) is 2. The van der Waals surface area contributed by atoms with Gasteiger partial charge in [0, 0.05) is 60.1 Å². The molecule has 226 valence electrons. The van der Waals surface area contributed by atoms with E-state index < -0.39 is 0 Å². The van der Waals surface area contributed by atoms with Crippen LogP contribution in [0.3, 0.4) is 0 Å². The third kappa shape index (κ3) is 12.0. The van der Waals surface area contributed by atoms with Crippen molar-refractivity contribution in [1.82, 2.24) is 0 Å². The van der Waals surface area contributed by atoms with E-state index in [-0.39, 0.29) is 0 Å². The summed E-state index contributed by atoms with van der Waals surface area (Å²) in [5.41, 5.74) is 19.4. The smallest absolute Gasteiger partial charge is 0.0448 e. The molecule has 4 nitrogen and oxygen atoms in total. The summed E-state index contributed by atoms with van der Waals surface area (Å²) in [6, 6.07) is 13.1. The third-order valence-electron chi connectivity index (χ3n) is 8.18. The van der Waals surface area contributed by atoms with Gasteiger partial charge in [0.15, 0.2) is 0 Å². The summed E-state index contributed by atoms with van der Waals surface area (Å²) < 4.78 is 0. The SMILES string of the molecule is CCCCCCCCN(CCCC)c1ccc(N(CCCC)CCCCCCCC)c(-c2cc(N)ccc2N)c1. The van der Waals surface area contributed by atoms with Crippen molar-refractivity contribution < 1.29 is 0 Å². The molecule has 2 rings (SSSR count). The maximum absolute atomic E-state index is 6.62. The first-order valence-electron chi connectivity index (χ1n) is 16.8. The fourth-order valence-electron chi connectivity index (χ4n) is 5.61. The molecule has 4 heteroatoms. The van der Waals surface area contributed by atoms with Gasteiger partial charge < -0.3 is 21.3 Å². The Kier molecular flexibility index (Phi) is 17.4. The summed E-state index contributed by atoms with van der Waals surface area (Å²) in [6.45, 7) is 13.6. The molecule has 0 aromatic heterocycles. The maximum Gasteiger partial charge on any atom is 0.0448 e. The van der Waals surface area contributed by atoms with E-state index >= 15 is 0 Å². The topological polar surface area (TPSA) is 58.5 Å². The van der Waals surface area contributed by atoms with Crippen LogP contribution in [-0.4, -0.2) is 26.2 Å². The van der Waals surface area contributed by atoms with E-state index in [9.17, 15) is 0 Å². The van der Waals surface area contributed by atoms with Gasteiger partial charge in [-0.05, 0) is 62.1 Å². The monoisotopic (exact) mass is 550 g/mol. The van der Waals surface area contributed by atoms with E-state index in [4.69, 9.17) is 11.5 Å². The molecule has 0 bridgehead atoms. The fourth-order valence-corrected chi connectivity index (χ4v) is 5.61. The predicted octanol–water partition coefficient (Wildman–Crippen LogP) is 10.5. The van der Waals surface area contributed by atoms with Crippen molar-refractivity contribution in [3.8, 4) is 11.1 Å². The van der Waals surface area contributed by atoms with Gasteiger partial charge in [-0.15, -0.1) is 0 Å². The average molecular weight is 551 g/mol. The zero-order valence-electron chi connectivity index (χ0n) is 26.7. The molecular formula is C36H62N4. The van der Waals surface area contributed by atoms with Crippen LogP contribution < -0.4 is 21.3 Å². The summed E-state index contributed by atoms with van der Waals surface area (Å²) in [5, 5.41) is 0. The first kappa shape index (κ1) is 33.8. The van der Waals surface area contributed by atoms with Crippen LogP contribution in [0.15, 0.2) is 36.4 Å². The van der Waals surface area contributed by atoms with Crippen LogP contribution in [-0.2, 0) is 0 Å². The molecule has 40 heavy (non-hydrogen) atoms. The van der Waals surface area contributed by atoms with Crippen molar-refractivity contribution in [3.05, 3.63) is 36.4 Å². The van der Waals surface area contributed by atoms with Gasteiger partial charge in [-0.3, -0.25) is 0 Å². The molecule has 0 heterocycles. The second-order valence-corrected chi connectivity index (χ2v) is 11.8. The van der Waals surface area contributed by atoms with Crippen molar-refractivity contribution in [2.24, 2.45) is 0 Å². The van der Waals surface area contributed by atoms with Gasteiger partial charge in [0.1, 0.15) is 0 Å². The molecule has 0 radical (unpaired) electrons. The molecule has 0 aliphatic heterocycles. The Morgan fingerprint density at radius 1 is 0.475 bits per heavy atom. The number of hydrogen-bond acceptors (Lipinski definition) is 4. The highest BCUT2D eigenvalue weighted by molar-refractivity contribution is 5.89. The van der Waals surface area contributed by atoms with Crippen LogP contribution in [0.5, 0.6) is 0 Å². The summed E-state index contributed by atoms with van der Waals surface area (Å²) in [7, 11) is 0. The number of hydrogen-bond donors (Lipinski definition) is 2. The summed E-state index contributed by atoms with van der Waals surface area (Å²) in [6.07, 6.45) is 20.7. The van der Waals surface area contributed by atoms with Crippen LogP contribution in [0, 0.1) is 0 Å².